The highest BCUT2D eigenvalue weighted by atomic mass is 16.5. The Morgan fingerprint density at radius 1 is 0.976 bits per heavy atom. The van der Waals surface area contributed by atoms with Crippen LogP contribution in [-0.2, 0) is 29.0 Å². The van der Waals surface area contributed by atoms with Gasteiger partial charge in [0.05, 0.1) is 13.2 Å². The van der Waals surface area contributed by atoms with Crippen molar-refractivity contribution < 1.29 is 19.4 Å². The van der Waals surface area contributed by atoms with Crippen LogP contribution in [0.4, 0.5) is 5.69 Å². The topological polar surface area (TPSA) is 78.9 Å². The number of amides is 1. The number of nitrogens with zero attached hydrogens (tertiary/aromatic N) is 1. The lowest BCUT2D eigenvalue weighted by molar-refractivity contribution is -0.126. The molecule has 3 aliphatic rings. The summed E-state index contributed by atoms with van der Waals surface area (Å²) in [5, 5.41) is 13.0. The highest BCUT2D eigenvalue weighted by Crippen LogP contribution is 2.38. The van der Waals surface area contributed by atoms with E-state index >= 15 is 0 Å². The molecule has 2 atom stereocenters. The zero-order valence-electron chi connectivity index (χ0n) is 25.2. The quantitative estimate of drug-likeness (QED) is 0.442. The second kappa shape index (κ2) is 13.5. The monoisotopic (exact) mass is 560 g/mol. The zero-order chi connectivity index (χ0) is 28.9. The number of β-amino-alcohol motifs (C(OH)–C–C–N with tert-alkyl or cyclic N) is 1. The van der Waals surface area contributed by atoms with Crippen molar-refractivity contribution in [2.75, 3.05) is 25.5 Å². The van der Waals surface area contributed by atoms with Gasteiger partial charge in [-0.3, -0.25) is 14.5 Å². The number of aryl methyl sites for hydroxylation is 3. The molecule has 2 N–H and O–H groups in total. The number of carbonyl (C=O) groups is 2. The third-order valence-electron chi connectivity index (χ3n) is 9.89. The second-order valence-electron chi connectivity index (χ2n) is 12.8. The van der Waals surface area contributed by atoms with E-state index in [1.54, 1.807) is 7.11 Å². The van der Waals surface area contributed by atoms with E-state index in [1.807, 2.05) is 25.1 Å². The molecule has 5 rings (SSSR count). The number of aliphatic hydroxyl groups is 1. The van der Waals surface area contributed by atoms with E-state index in [4.69, 9.17) is 4.74 Å². The molecule has 1 unspecified atom stereocenters. The average molecular weight is 561 g/mol. The van der Waals surface area contributed by atoms with Gasteiger partial charge < -0.3 is 15.2 Å². The van der Waals surface area contributed by atoms with Gasteiger partial charge in [0, 0.05) is 49.6 Å². The van der Waals surface area contributed by atoms with E-state index in [2.05, 4.69) is 29.3 Å². The van der Waals surface area contributed by atoms with Gasteiger partial charge >= 0.3 is 0 Å². The van der Waals surface area contributed by atoms with Crippen molar-refractivity contribution in [1.82, 2.24) is 4.90 Å². The molecule has 222 valence electrons. The lowest BCUT2D eigenvalue weighted by Gasteiger charge is -2.33. The third-order valence-corrected chi connectivity index (χ3v) is 9.89. The summed E-state index contributed by atoms with van der Waals surface area (Å²) >= 11 is 0. The van der Waals surface area contributed by atoms with Gasteiger partial charge in [-0.05, 0) is 118 Å². The maximum absolute atomic E-state index is 13.5. The average Bonchev–Trinajstić information content (AvgIpc) is 3.37. The van der Waals surface area contributed by atoms with Crippen molar-refractivity contribution in [3.63, 3.8) is 0 Å². The molecular weight excluding hydrogens is 512 g/mol. The van der Waals surface area contributed by atoms with Gasteiger partial charge in [-0.1, -0.05) is 18.2 Å². The van der Waals surface area contributed by atoms with Crippen LogP contribution in [0.5, 0.6) is 5.75 Å². The molecule has 6 heteroatoms. The number of benzene rings is 2. The first-order valence-electron chi connectivity index (χ1n) is 15.8. The highest BCUT2D eigenvalue weighted by molar-refractivity contribution is 5.92. The van der Waals surface area contributed by atoms with Crippen molar-refractivity contribution in [1.29, 1.82) is 0 Å². The number of fused-ring (bicyclic) bond motifs is 1. The summed E-state index contributed by atoms with van der Waals surface area (Å²) in [4.78, 5) is 28.8. The van der Waals surface area contributed by atoms with Crippen molar-refractivity contribution in [3.8, 4) is 5.75 Å². The minimum Gasteiger partial charge on any atom is -0.496 e. The van der Waals surface area contributed by atoms with Crippen LogP contribution in [0.2, 0.25) is 0 Å². The van der Waals surface area contributed by atoms with Gasteiger partial charge in [-0.2, -0.15) is 0 Å². The van der Waals surface area contributed by atoms with Gasteiger partial charge in [0.25, 0.3) is 0 Å². The number of anilines is 1. The van der Waals surface area contributed by atoms with E-state index in [-0.39, 0.29) is 23.8 Å². The molecule has 1 aliphatic heterocycles. The number of hydrogen-bond acceptors (Lipinski definition) is 5. The summed E-state index contributed by atoms with van der Waals surface area (Å²) in [6, 6.07) is 10.5. The fourth-order valence-corrected chi connectivity index (χ4v) is 7.58. The minimum absolute atomic E-state index is 0.000675. The molecule has 0 spiro atoms. The maximum atomic E-state index is 13.5. The SMILES string of the molecule is COc1cc(NC(=O)C2CCC(C3CCCc4c(C)cc(CN5CC[C@H](O)C5)cc4CCCC3=O)CC2)ccc1C. The number of likely N-dealkylation sites (tertiary alicyclic amines) is 1. The second-order valence-corrected chi connectivity index (χ2v) is 12.8. The standard InChI is InChI=1S/C35H48N2O4/c1-23-10-15-29(20-34(23)41-3)36-35(40)27-13-11-26(12-14-27)32-8-5-7-31-24(2)18-25(21-37-17-16-30(38)22-37)19-28(31)6-4-9-33(32)39/h10,15,18-20,26-27,30,32,38H,4-9,11-14,16-17,21-22H2,1-3H3,(H,36,40)/t26?,27?,30-,32?/m0/s1. The zero-order valence-corrected chi connectivity index (χ0v) is 25.2. The molecule has 41 heavy (non-hydrogen) atoms. The highest BCUT2D eigenvalue weighted by Gasteiger charge is 2.34. The van der Waals surface area contributed by atoms with E-state index in [0.29, 0.717) is 18.1 Å². The van der Waals surface area contributed by atoms with Crippen LogP contribution in [0.25, 0.3) is 0 Å². The summed E-state index contributed by atoms with van der Waals surface area (Å²) in [5.74, 6) is 1.82. The van der Waals surface area contributed by atoms with E-state index in [1.165, 1.54) is 22.3 Å². The van der Waals surface area contributed by atoms with Crippen molar-refractivity contribution in [3.05, 3.63) is 58.1 Å². The van der Waals surface area contributed by atoms with Gasteiger partial charge in [0.1, 0.15) is 11.5 Å². The van der Waals surface area contributed by atoms with Crippen molar-refractivity contribution in [2.45, 2.75) is 97.1 Å². The number of Topliss-reactive ketones (excluding diaryl/α,β-unsaturated/α-hetero) is 1. The van der Waals surface area contributed by atoms with Crippen LogP contribution in [0.15, 0.2) is 30.3 Å². The Bertz CT molecular complexity index is 1230. The Morgan fingerprint density at radius 3 is 2.51 bits per heavy atom. The molecule has 1 saturated heterocycles. The molecule has 1 amide bonds. The summed E-state index contributed by atoms with van der Waals surface area (Å²) in [6.45, 7) is 6.86. The largest absolute Gasteiger partial charge is 0.496 e. The Hall–Kier alpha value is -2.70. The number of ketones is 1. The van der Waals surface area contributed by atoms with E-state index in [0.717, 1.165) is 101 Å². The molecule has 0 bridgehead atoms. The Balaban J connectivity index is 1.16. The predicted octanol–water partition coefficient (Wildman–Crippen LogP) is 6.17. The number of nitrogens with one attached hydrogen (secondary N) is 1. The maximum Gasteiger partial charge on any atom is 0.227 e. The first-order valence-corrected chi connectivity index (χ1v) is 15.8. The van der Waals surface area contributed by atoms with Crippen LogP contribution in [0.3, 0.4) is 0 Å². The normalized spacial score (nSPS) is 25.9. The molecule has 1 heterocycles. The van der Waals surface area contributed by atoms with Crippen LogP contribution in [0.1, 0.15) is 85.6 Å². The first kappa shape index (κ1) is 29.8. The molecular formula is C35H48N2O4. The summed E-state index contributed by atoms with van der Waals surface area (Å²) < 4.78 is 5.41. The number of hydrogen-bond donors (Lipinski definition) is 2. The molecule has 0 radical (unpaired) electrons. The number of aliphatic hydroxyl groups excluding tert-OH is 1. The first-order chi connectivity index (χ1) is 19.8. The molecule has 1 saturated carbocycles. The number of carbonyl (C=O) groups excluding carboxylic acids is 2. The van der Waals surface area contributed by atoms with Crippen LogP contribution < -0.4 is 10.1 Å². The van der Waals surface area contributed by atoms with Crippen LogP contribution in [-0.4, -0.2) is 48.0 Å². The molecule has 2 aromatic rings. The molecule has 6 nitrogen and oxygen atoms in total. The summed E-state index contributed by atoms with van der Waals surface area (Å²) in [5.41, 5.74) is 7.43. The van der Waals surface area contributed by atoms with E-state index < -0.39 is 0 Å². The minimum atomic E-state index is -0.192. The van der Waals surface area contributed by atoms with Gasteiger partial charge in [0.2, 0.25) is 5.91 Å². The number of methoxy groups -OCH3 is 1. The van der Waals surface area contributed by atoms with Gasteiger partial charge in [-0.25, -0.2) is 0 Å². The number of ether oxygens (including phenoxy) is 1. The molecule has 2 aromatic carbocycles. The predicted molar refractivity (Wildman–Crippen MR) is 163 cm³/mol. The smallest absolute Gasteiger partial charge is 0.227 e. The number of rotatable bonds is 6. The fraction of sp³-hybridized carbons (Fsp3) is 0.600. The lowest BCUT2D eigenvalue weighted by Crippen LogP contribution is -2.32. The van der Waals surface area contributed by atoms with Crippen LogP contribution >= 0.6 is 0 Å². The summed E-state index contributed by atoms with van der Waals surface area (Å²) in [6.07, 6.45) is 9.83. The molecule has 2 aliphatic carbocycles. The summed E-state index contributed by atoms with van der Waals surface area (Å²) in [7, 11) is 1.65. The van der Waals surface area contributed by atoms with Gasteiger partial charge in [-0.15, -0.1) is 0 Å². The molecule has 0 aromatic heterocycles. The van der Waals surface area contributed by atoms with Crippen molar-refractivity contribution in [2.24, 2.45) is 17.8 Å². The third kappa shape index (κ3) is 7.39. The van der Waals surface area contributed by atoms with E-state index in [9.17, 15) is 14.7 Å². The Labute approximate surface area is 245 Å². The van der Waals surface area contributed by atoms with Gasteiger partial charge in [0.15, 0.2) is 0 Å². The Kier molecular flexibility index (Phi) is 9.82. The van der Waals surface area contributed by atoms with Crippen LogP contribution in [0, 0.1) is 31.6 Å². The van der Waals surface area contributed by atoms with Crippen molar-refractivity contribution >= 4 is 17.4 Å². The fourth-order valence-electron chi connectivity index (χ4n) is 7.58. The Morgan fingerprint density at radius 2 is 1.78 bits per heavy atom. The molecule has 2 fully saturated rings. The lowest BCUT2D eigenvalue weighted by atomic mass is 9.71.